The van der Waals surface area contributed by atoms with E-state index < -0.39 is 18.0 Å². The van der Waals surface area contributed by atoms with E-state index in [2.05, 4.69) is 10.6 Å². The van der Waals surface area contributed by atoms with Crippen molar-refractivity contribution in [3.63, 3.8) is 0 Å². The predicted octanol–water partition coefficient (Wildman–Crippen LogP) is 4.19. The van der Waals surface area contributed by atoms with Crippen LogP contribution in [0.3, 0.4) is 0 Å². The number of rotatable bonds is 8. The maximum absolute atomic E-state index is 14.2. The molecule has 3 amide bonds. The maximum atomic E-state index is 14.2. The number of hydrogen-bond acceptors (Lipinski definition) is 5. The lowest BCUT2D eigenvalue weighted by molar-refractivity contribution is -0.138. The lowest BCUT2D eigenvalue weighted by Gasteiger charge is -2.24. The average Bonchev–Trinajstić information content (AvgIpc) is 3.43. The van der Waals surface area contributed by atoms with E-state index in [0.29, 0.717) is 41.6 Å². The highest BCUT2D eigenvalue weighted by atomic mass is 35.5. The Hall–Kier alpha value is -3.92. The lowest BCUT2D eigenvalue weighted by atomic mass is 10.1. The zero-order valence-corrected chi connectivity index (χ0v) is 22.1. The second kappa shape index (κ2) is 11.1. The molecule has 1 saturated carbocycles. The van der Waals surface area contributed by atoms with Gasteiger partial charge in [-0.25, -0.2) is 9.18 Å². The molecule has 2 fully saturated rings. The average molecular weight is 555 g/mol. The van der Waals surface area contributed by atoms with E-state index >= 15 is 0 Å². The molecule has 1 aromatic heterocycles. The molecule has 2 N–H and O–H groups in total. The van der Waals surface area contributed by atoms with E-state index in [9.17, 15) is 23.6 Å². The number of amides is 3. The molecule has 1 aliphatic carbocycles. The number of likely N-dealkylation sites (tertiary alicyclic amines) is 1. The minimum atomic E-state index is -0.682. The summed E-state index contributed by atoms with van der Waals surface area (Å²) in [6.07, 6.45) is 4.06. The van der Waals surface area contributed by atoms with Crippen molar-refractivity contribution in [2.45, 2.75) is 57.8 Å². The van der Waals surface area contributed by atoms with Gasteiger partial charge in [-0.3, -0.25) is 14.4 Å². The number of fused-ring (bicyclic) bond motifs is 1. The highest BCUT2D eigenvalue weighted by Crippen LogP contribution is 2.28. The van der Waals surface area contributed by atoms with Crippen molar-refractivity contribution < 1.29 is 28.3 Å². The van der Waals surface area contributed by atoms with E-state index in [1.807, 2.05) is 0 Å². The minimum absolute atomic E-state index is 0.0245. The number of benzene rings is 2. The number of ketones is 1. The third-order valence-corrected chi connectivity index (χ3v) is 7.30. The number of nitrogens with zero attached hydrogens (tertiary/aromatic N) is 2. The summed E-state index contributed by atoms with van der Waals surface area (Å²) < 4.78 is 21.2. The highest BCUT2D eigenvalue weighted by molar-refractivity contribution is 6.30. The van der Waals surface area contributed by atoms with Crippen LogP contribution in [0.2, 0.25) is 5.02 Å². The fourth-order valence-corrected chi connectivity index (χ4v) is 5.04. The standard InChI is InChI=1S/C28H28ClFN4O5/c1-16(35)21-14-33(23-10-9-19(12-20(21)23)39-28(38)32-18-7-8-18)15-25(36)34-11-3-6-24(34)27(37)31-13-17-4-2-5-22(29)26(17)30/h2,4-5,9-10,12,14,18,24H,3,6-8,11,13,15H2,1H3,(H,31,37)(H,32,38)/t24-/m0/s1. The number of ether oxygens (including phenoxy) is 1. The molecule has 204 valence electrons. The molecule has 0 bridgehead atoms. The summed E-state index contributed by atoms with van der Waals surface area (Å²) in [5.74, 6) is -1.14. The molecule has 0 radical (unpaired) electrons. The van der Waals surface area contributed by atoms with Crippen molar-refractivity contribution in [3.8, 4) is 5.75 Å². The van der Waals surface area contributed by atoms with Crippen molar-refractivity contribution in [3.05, 3.63) is 64.6 Å². The Labute approximate surface area is 229 Å². The Bertz CT molecular complexity index is 1470. The van der Waals surface area contributed by atoms with Crippen LogP contribution >= 0.6 is 11.6 Å². The van der Waals surface area contributed by atoms with E-state index in [1.54, 1.807) is 41.1 Å². The van der Waals surface area contributed by atoms with Crippen LogP contribution in [0.15, 0.2) is 42.6 Å². The van der Waals surface area contributed by atoms with Gasteiger partial charge < -0.3 is 24.8 Å². The summed E-state index contributed by atoms with van der Waals surface area (Å²) >= 11 is 5.82. The summed E-state index contributed by atoms with van der Waals surface area (Å²) in [6.45, 7) is 1.71. The van der Waals surface area contributed by atoms with Crippen molar-refractivity contribution >= 4 is 46.2 Å². The van der Waals surface area contributed by atoms with Gasteiger partial charge in [-0.05, 0) is 56.9 Å². The molecule has 1 atom stereocenters. The number of aromatic nitrogens is 1. The Kier molecular flexibility index (Phi) is 7.56. The van der Waals surface area contributed by atoms with Gasteiger partial charge >= 0.3 is 6.09 Å². The Morgan fingerprint density at radius 3 is 2.67 bits per heavy atom. The van der Waals surface area contributed by atoms with Crippen LogP contribution in [0, 0.1) is 5.82 Å². The van der Waals surface area contributed by atoms with E-state index in [1.165, 1.54) is 17.9 Å². The van der Waals surface area contributed by atoms with Crippen LogP contribution in [-0.4, -0.2) is 51.8 Å². The molecule has 2 aliphatic rings. The summed E-state index contributed by atoms with van der Waals surface area (Å²) in [6, 6.07) is 8.96. The predicted molar refractivity (Wildman–Crippen MR) is 142 cm³/mol. The van der Waals surface area contributed by atoms with E-state index in [-0.39, 0.29) is 47.3 Å². The summed E-state index contributed by atoms with van der Waals surface area (Å²) in [5.41, 5.74) is 1.28. The normalized spacial score (nSPS) is 16.8. The molecule has 1 saturated heterocycles. The molecule has 3 aromatic rings. The smallest absolute Gasteiger partial charge is 0.410 e. The molecule has 5 rings (SSSR count). The first-order valence-electron chi connectivity index (χ1n) is 12.8. The Balaban J connectivity index is 1.29. The topological polar surface area (TPSA) is 110 Å². The van der Waals surface area contributed by atoms with Crippen molar-refractivity contribution in [2.24, 2.45) is 0 Å². The van der Waals surface area contributed by atoms with Crippen LogP contribution in [0.5, 0.6) is 5.75 Å². The number of hydrogen-bond donors (Lipinski definition) is 2. The van der Waals surface area contributed by atoms with Crippen LogP contribution in [-0.2, 0) is 22.7 Å². The zero-order valence-electron chi connectivity index (χ0n) is 21.3. The van der Waals surface area contributed by atoms with Gasteiger partial charge in [-0.1, -0.05) is 23.7 Å². The quantitative estimate of drug-likeness (QED) is 0.406. The molecule has 0 unspecified atom stereocenters. The second-order valence-corrected chi connectivity index (χ2v) is 10.3. The lowest BCUT2D eigenvalue weighted by Crippen LogP contribution is -2.46. The fraction of sp³-hybridized carbons (Fsp3) is 0.357. The second-order valence-electron chi connectivity index (χ2n) is 9.89. The molecule has 39 heavy (non-hydrogen) atoms. The van der Waals surface area contributed by atoms with E-state index in [4.69, 9.17) is 16.3 Å². The van der Waals surface area contributed by atoms with E-state index in [0.717, 1.165) is 12.8 Å². The van der Waals surface area contributed by atoms with Gasteiger partial charge in [0.25, 0.3) is 0 Å². The highest BCUT2D eigenvalue weighted by Gasteiger charge is 2.34. The summed E-state index contributed by atoms with van der Waals surface area (Å²) in [7, 11) is 0. The molecule has 2 heterocycles. The van der Waals surface area contributed by atoms with Gasteiger partial charge in [0.15, 0.2) is 5.78 Å². The molecular formula is C28H28ClFN4O5. The van der Waals surface area contributed by atoms with Gasteiger partial charge in [0, 0.05) is 47.4 Å². The monoisotopic (exact) mass is 554 g/mol. The number of Topliss-reactive ketones (excluding diaryl/α,β-unsaturated/α-hetero) is 1. The molecule has 1 aliphatic heterocycles. The number of carbonyl (C=O) groups excluding carboxylic acids is 4. The van der Waals surface area contributed by atoms with Gasteiger partial charge in [-0.15, -0.1) is 0 Å². The largest absolute Gasteiger partial charge is 0.412 e. The number of nitrogens with one attached hydrogen (secondary N) is 2. The van der Waals surface area contributed by atoms with Crippen molar-refractivity contribution in [1.82, 2.24) is 20.1 Å². The van der Waals surface area contributed by atoms with Crippen LogP contribution in [0.25, 0.3) is 10.9 Å². The van der Waals surface area contributed by atoms with Crippen molar-refractivity contribution in [1.29, 1.82) is 0 Å². The first kappa shape index (κ1) is 26.7. The molecule has 9 nitrogen and oxygen atoms in total. The minimum Gasteiger partial charge on any atom is -0.410 e. The SMILES string of the molecule is CC(=O)c1cn(CC(=O)N2CCC[C@H]2C(=O)NCc2cccc(Cl)c2F)c2ccc(OC(=O)NC3CC3)cc12. The molecule has 11 heteroatoms. The third-order valence-electron chi connectivity index (χ3n) is 7.01. The third kappa shape index (κ3) is 5.90. The maximum Gasteiger partial charge on any atom is 0.412 e. The van der Waals surface area contributed by atoms with Gasteiger partial charge in [0.05, 0.1) is 5.02 Å². The van der Waals surface area contributed by atoms with Crippen LogP contribution in [0.1, 0.15) is 48.5 Å². The molecular weight excluding hydrogens is 527 g/mol. The fourth-order valence-electron chi connectivity index (χ4n) is 4.84. The molecule has 2 aromatic carbocycles. The first-order chi connectivity index (χ1) is 18.7. The zero-order chi connectivity index (χ0) is 27.7. The molecule has 0 spiro atoms. The van der Waals surface area contributed by atoms with Gasteiger partial charge in [-0.2, -0.15) is 0 Å². The van der Waals surface area contributed by atoms with Crippen molar-refractivity contribution in [2.75, 3.05) is 6.54 Å². The first-order valence-corrected chi connectivity index (χ1v) is 13.2. The van der Waals surface area contributed by atoms with Gasteiger partial charge in [0.2, 0.25) is 11.8 Å². The van der Waals surface area contributed by atoms with Gasteiger partial charge in [0.1, 0.15) is 24.2 Å². The Morgan fingerprint density at radius 1 is 1.13 bits per heavy atom. The summed E-state index contributed by atoms with van der Waals surface area (Å²) in [4.78, 5) is 52.2. The summed E-state index contributed by atoms with van der Waals surface area (Å²) in [5, 5.41) is 6.00. The van der Waals surface area contributed by atoms with Crippen LogP contribution < -0.4 is 15.4 Å². The number of carbonyl (C=O) groups is 4. The van der Waals surface area contributed by atoms with Crippen LogP contribution in [0.4, 0.5) is 9.18 Å². The Morgan fingerprint density at radius 2 is 1.92 bits per heavy atom. The number of halogens is 2.